The Bertz CT molecular complexity index is 1610. The minimum Gasteiger partial charge on any atom is -0.484 e. The number of fused-ring (bicyclic) bond motifs is 1. The highest BCUT2D eigenvalue weighted by atomic mass is 35.5. The van der Waals surface area contributed by atoms with Crippen molar-refractivity contribution in [3.05, 3.63) is 87.0 Å². The summed E-state index contributed by atoms with van der Waals surface area (Å²) in [4.78, 5) is 39.4. The summed E-state index contributed by atoms with van der Waals surface area (Å²) in [6.45, 7) is 2.56. The SMILES string of the molecule is CCOC(=O)c1c(NC(=O)CSc2nnc(CNC(=O)COc3ccc(Cl)cc3)n2CCc2ccccc2)sc2c1CCC2. The topological polar surface area (TPSA) is 124 Å². The molecule has 0 unspecified atom stereocenters. The maximum absolute atomic E-state index is 13.1. The Morgan fingerprint density at radius 2 is 1.84 bits per heavy atom. The number of ether oxygens (including phenoxy) is 2. The van der Waals surface area contributed by atoms with Gasteiger partial charge in [-0.25, -0.2) is 4.79 Å². The van der Waals surface area contributed by atoms with Gasteiger partial charge in [-0.2, -0.15) is 0 Å². The Kier molecular flexibility index (Phi) is 10.9. The van der Waals surface area contributed by atoms with E-state index in [9.17, 15) is 14.4 Å². The molecule has 0 saturated heterocycles. The van der Waals surface area contributed by atoms with Crippen molar-refractivity contribution in [2.45, 2.75) is 50.9 Å². The number of aromatic nitrogens is 3. The molecule has 4 aromatic rings. The molecule has 10 nitrogen and oxygen atoms in total. The van der Waals surface area contributed by atoms with Crippen LogP contribution in [0.4, 0.5) is 5.00 Å². The first-order valence-electron chi connectivity index (χ1n) is 14.3. The van der Waals surface area contributed by atoms with E-state index in [0.717, 1.165) is 35.3 Å². The number of esters is 1. The fourth-order valence-corrected chi connectivity index (χ4v) is 6.98. The number of carbonyl (C=O) groups is 3. The lowest BCUT2D eigenvalue weighted by atomic mass is 10.1. The lowest BCUT2D eigenvalue weighted by molar-refractivity contribution is -0.123. The molecule has 0 radical (unpaired) electrons. The Balaban J connectivity index is 1.23. The van der Waals surface area contributed by atoms with Gasteiger partial charge in [0.1, 0.15) is 10.8 Å². The minimum absolute atomic E-state index is 0.0651. The molecule has 0 saturated carbocycles. The third kappa shape index (κ3) is 8.19. The van der Waals surface area contributed by atoms with Gasteiger partial charge in [-0.3, -0.25) is 9.59 Å². The molecule has 2 heterocycles. The van der Waals surface area contributed by atoms with Crippen molar-refractivity contribution < 1.29 is 23.9 Å². The molecule has 1 aliphatic carbocycles. The van der Waals surface area contributed by atoms with Crippen molar-refractivity contribution in [3.63, 3.8) is 0 Å². The first kappa shape index (κ1) is 31.6. The fraction of sp³-hybridized carbons (Fsp3) is 0.323. The Morgan fingerprint density at radius 3 is 2.61 bits per heavy atom. The summed E-state index contributed by atoms with van der Waals surface area (Å²) in [5.74, 6) is 0.187. The van der Waals surface area contributed by atoms with Gasteiger partial charge in [-0.1, -0.05) is 53.7 Å². The van der Waals surface area contributed by atoms with Gasteiger partial charge in [0.2, 0.25) is 5.91 Å². The minimum atomic E-state index is -0.402. The largest absolute Gasteiger partial charge is 0.484 e. The smallest absolute Gasteiger partial charge is 0.341 e. The Morgan fingerprint density at radius 1 is 1.05 bits per heavy atom. The standard InChI is InChI=1S/C31H32ClN5O5S2/c1-2-41-30(40)28-23-9-6-10-24(23)44-29(28)34-27(39)19-43-31-36-35-25(37(31)16-15-20-7-4-3-5-8-20)17-33-26(38)18-42-22-13-11-21(32)12-14-22/h3-5,7-8,11-14H,2,6,9-10,15-19H2,1H3,(H,33,38)(H,34,39). The van der Waals surface area contributed by atoms with Gasteiger partial charge in [-0.15, -0.1) is 21.5 Å². The van der Waals surface area contributed by atoms with Gasteiger partial charge < -0.3 is 24.7 Å². The van der Waals surface area contributed by atoms with E-state index in [1.54, 1.807) is 31.2 Å². The van der Waals surface area contributed by atoms with Crippen molar-refractivity contribution in [2.75, 3.05) is 24.3 Å². The zero-order chi connectivity index (χ0) is 30.9. The van der Waals surface area contributed by atoms with Gasteiger partial charge in [0.25, 0.3) is 5.91 Å². The Labute approximate surface area is 268 Å². The van der Waals surface area contributed by atoms with Gasteiger partial charge in [0.05, 0.1) is 24.5 Å². The molecule has 0 fully saturated rings. The third-order valence-corrected chi connectivity index (χ3v) is 9.30. The van der Waals surface area contributed by atoms with E-state index >= 15 is 0 Å². The van der Waals surface area contributed by atoms with E-state index < -0.39 is 5.97 Å². The van der Waals surface area contributed by atoms with E-state index in [-0.39, 0.29) is 37.3 Å². The number of nitrogens with one attached hydrogen (secondary N) is 2. The zero-order valence-electron chi connectivity index (χ0n) is 24.1. The molecule has 2 aromatic heterocycles. The number of anilines is 1. The van der Waals surface area contributed by atoms with Crippen molar-refractivity contribution in [2.24, 2.45) is 0 Å². The van der Waals surface area contributed by atoms with Crippen LogP contribution >= 0.6 is 34.7 Å². The first-order chi connectivity index (χ1) is 21.4. The molecule has 1 aliphatic rings. The molecule has 5 rings (SSSR count). The van der Waals surface area contributed by atoms with Crippen molar-refractivity contribution in [1.29, 1.82) is 0 Å². The first-order valence-corrected chi connectivity index (χ1v) is 16.4. The van der Waals surface area contributed by atoms with Crippen LogP contribution in [0.1, 0.15) is 45.5 Å². The molecule has 0 bridgehead atoms. The van der Waals surface area contributed by atoms with Crippen molar-refractivity contribution >= 4 is 57.5 Å². The van der Waals surface area contributed by atoms with Gasteiger partial charge in [-0.05, 0) is 68.0 Å². The molecule has 13 heteroatoms. The van der Waals surface area contributed by atoms with E-state index in [0.29, 0.717) is 45.3 Å². The number of amides is 2. The van der Waals surface area contributed by atoms with Crippen LogP contribution in [0, 0.1) is 0 Å². The molecule has 0 atom stereocenters. The van der Waals surface area contributed by atoms with Crippen molar-refractivity contribution in [3.8, 4) is 5.75 Å². The van der Waals surface area contributed by atoms with E-state index in [1.165, 1.54) is 23.1 Å². The number of thioether (sulfide) groups is 1. The molecule has 2 aromatic carbocycles. The number of nitrogens with zero attached hydrogens (tertiary/aromatic N) is 3. The predicted octanol–water partition coefficient (Wildman–Crippen LogP) is 5.33. The molecule has 0 spiro atoms. The summed E-state index contributed by atoms with van der Waals surface area (Å²) >= 11 is 8.59. The van der Waals surface area contributed by atoms with Crippen LogP contribution < -0.4 is 15.4 Å². The normalized spacial score (nSPS) is 12.0. The van der Waals surface area contributed by atoms with E-state index in [1.807, 2.05) is 34.9 Å². The summed E-state index contributed by atoms with van der Waals surface area (Å²) in [5, 5.41) is 16.1. The van der Waals surface area contributed by atoms with Gasteiger partial charge in [0.15, 0.2) is 17.6 Å². The summed E-state index contributed by atoms with van der Waals surface area (Å²) in [6.07, 6.45) is 3.41. The van der Waals surface area contributed by atoms with Crippen LogP contribution in [0.25, 0.3) is 0 Å². The second-order valence-corrected chi connectivity index (χ2v) is 12.4. The van der Waals surface area contributed by atoms with Crippen LogP contribution in [0.5, 0.6) is 5.75 Å². The lowest BCUT2D eigenvalue weighted by Crippen LogP contribution is -2.29. The van der Waals surface area contributed by atoms with Crippen LogP contribution in [0.3, 0.4) is 0 Å². The maximum atomic E-state index is 13.1. The number of benzene rings is 2. The second kappa shape index (κ2) is 15.2. The van der Waals surface area contributed by atoms with Crippen LogP contribution in [0.2, 0.25) is 5.02 Å². The van der Waals surface area contributed by atoms with Crippen molar-refractivity contribution in [1.82, 2.24) is 20.1 Å². The summed E-state index contributed by atoms with van der Waals surface area (Å²) in [6, 6.07) is 16.8. The summed E-state index contributed by atoms with van der Waals surface area (Å²) in [5.41, 5.74) is 2.60. The number of thiophene rings is 1. The molecule has 0 aliphatic heterocycles. The molecule has 230 valence electrons. The van der Waals surface area contributed by atoms with Crippen LogP contribution in [0.15, 0.2) is 59.8 Å². The quantitative estimate of drug-likeness (QED) is 0.138. The predicted molar refractivity (Wildman–Crippen MR) is 171 cm³/mol. The molecule has 2 amide bonds. The third-order valence-electron chi connectivity index (χ3n) is 6.87. The number of hydrogen-bond donors (Lipinski definition) is 2. The zero-order valence-corrected chi connectivity index (χ0v) is 26.5. The summed E-state index contributed by atoms with van der Waals surface area (Å²) < 4.78 is 12.7. The highest BCUT2D eigenvalue weighted by Gasteiger charge is 2.28. The van der Waals surface area contributed by atoms with E-state index in [4.69, 9.17) is 21.1 Å². The Hall–Kier alpha value is -3.87. The lowest BCUT2D eigenvalue weighted by Gasteiger charge is -2.12. The average molecular weight is 654 g/mol. The monoisotopic (exact) mass is 653 g/mol. The van der Waals surface area contributed by atoms with Gasteiger partial charge in [0, 0.05) is 16.4 Å². The average Bonchev–Trinajstić information content (AvgIpc) is 3.73. The van der Waals surface area contributed by atoms with Crippen LogP contribution in [-0.2, 0) is 46.7 Å². The summed E-state index contributed by atoms with van der Waals surface area (Å²) in [7, 11) is 0. The number of carbonyl (C=O) groups excluding carboxylic acids is 3. The second-order valence-electron chi connectivity index (χ2n) is 9.92. The number of aryl methyl sites for hydroxylation is 2. The number of rotatable bonds is 14. The molecular weight excluding hydrogens is 622 g/mol. The molecule has 2 N–H and O–H groups in total. The van der Waals surface area contributed by atoms with E-state index in [2.05, 4.69) is 20.8 Å². The number of halogens is 1. The van der Waals surface area contributed by atoms with Crippen LogP contribution in [-0.4, -0.2) is 51.5 Å². The maximum Gasteiger partial charge on any atom is 0.341 e. The van der Waals surface area contributed by atoms with Gasteiger partial charge >= 0.3 is 5.97 Å². The molecular formula is C31H32ClN5O5S2. The number of hydrogen-bond acceptors (Lipinski definition) is 9. The molecule has 44 heavy (non-hydrogen) atoms. The fourth-order valence-electron chi connectivity index (χ4n) is 4.78. The highest BCUT2D eigenvalue weighted by Crippen LogP contribution is 2.39. The highest BCUT2D eigenvalue weighted by molar-refractivity contribution is 7.99.